The molecule has 0 aliphatic rings. The van der Waals surface area contributed by atoms with Crippen molar-refractivity contribution >= 4 is 28.6 Å². The molecule has 1 amide bonds. The van der Waals surface area contributed by atoms with Crippen molar-refractivity contribution in [3.63, 3.8) is 0 Å². The number of benzene rings is 2. The van der Waals surface area contributed by atoms with Crippen LogP contribution in [-0.2, 0) is 6.54 Å². The standard InChI is InChI=1S/C21H15FN2O2S/c22-14-7-9-16(10-8-14)27-20-12-18(17-5-1-2-6-19(17)24-20)21(25)23-13-15-4-3-11-26-15/h1-12H,13H2,(H,23,25). The molecular weight excluding hydrogens is 363 g/mol. The van der Waals surface area contributed by atoms with Crippen molar-refractivity contribution in [2.75, 3.05) is 0 Å². The number of carbonyl (C=O) groups is 1. The first kappa shape index (κ1) is 17.3. The Kier molecular flexibility index (Phi) is 4.89. The van der Waals surface area contributed by atoms with Crippen molar-refractivity contribution in [3.05, 3.63) is 90.1 Å². The number of halogens is 1. The molecule has 0 unspecified atom stereocenters. The molecule has 6 heteroatoms. The molecule has 0 aliphatic carbocycles. The monoisotopic (exact) mass is 378 g/mol. The van der Waals surface area contributed by atoms with Crippen LogP contribution in [0.4, 0.5) is 4.39 Å². The molecule has 0 bridgehead atoms. The maximum absolute atomic E-state index is 13.1. The Labute approximate surface area is 159 Å². The molecular formula is C21H15FN2O2S. The smallest absolute Gasteiger partial charge is 0.252 e. The van der Waals surface area contributed by atoms with Gasteiger partial charge in [0.25, 0.3) is 5.91 Å². The molecule has 4 aromatic rings. The highest BCUT2D eigenvalue weighted by molar-refractivity contribution is 7.99. The van der Waals surface area contributed by atoms with Crippen molar-refractivity contribution in [2.45, 2.75) is 16.5 Å². The molecule has 134 valence electrons. The Balaban J connectivity index is 1.65. The Bertz CT molecular complexity index is 1080. The van der Waals surface area contributed by atoms with Crippen molar-refractivity contribution < 1.29 is 13.6 Å². The lowest BCUT2D eigenvalue weighted by atomic mass is 10.1. The summed E-state index contributed by atoms with van der Waals surface area (Å²) in [4.78, 5) is 18.2. The molecule has 1 N–H and O–H groups in total. The largest absolute Gasteiger partial charge is 0.467 e. The fourth-order valence-corrected chi connectivity index (χ4v) is 3.52. The number of fused-ring (bicyclic) bond motifs is 1. The average Bonchev–Trinajstić information content (AvgIpc) is 3.21. The normalized spacial score (nSPS) is 10.9. The number of rotatable bonds is 5. The number of nitrogens with one attached hydrogen (secondary N) is 1. The summed E-state index contributed by atoms with van der Waals surface area (Å²) in [7, 11) is 0. The number of hydrogen-bond donors (Lipinski definition) is 1. The van der Waals surface area contributed by atoms with Crippen LogP contribution in [0.3, 0.4) is 0 Å². The van der Waals surface area contributed by atoms with Crippen molar-refractivity contribution in [1.29, 1.82) is 0 Å². The predicted octanol–water partition coefficient (Wildman–Crippen LogP) is 5.05. The molecule has 4 rings (SSSR count). The highest BCUT2D eigenvalue weighted by Crippen LogP contribution is 2.30. The van der Waals surface area contributed by atoms with Gasteiger partial charge in [0.05, 0.1) is 23.9 Å². The van der Waals surface area contributed by atoms with E-state index in [4.69, 9.17) is 4.42 Å². The van der Waals surface area contributed by atoms with Crippen LogP contribution in [0.2, 0.25) is 0 Å². The van der Waals surface area contributed by atoms with Crippen LogP contribution in [0.25, 0.3) is 10.9 Å². The Morgan fingerprint density at radius 3 is 2.67 bits per heavy atom. The van der Waals surface area contributed by atoms with Crippen LogP contribution < -0.4 is 5.32 Å². The fourth-order valence-electron chi connectivity index (χ4n) is 2.69. The third-order valence-electron chi connectivity index (χ3n) is 3.98. The van der Waals surface area contributed by atoms with E-state index in [1.807, 2.05) is 24.3 Å². The molecule has 2 aromatic heterocycles. The Hall–Kier alpha value is -3.12. The number of hydrogen-bond acceptors (Lipinski definition) is 4. The predicted molar refractivity (Wildman–Crippen MR) is 102 cm³/mol. The Morgan fingerprint density at radius 2 is 1.89 bits per heavy atom. The summed E-state index contributed by atoms with van der Waals surface area (Å²) >= 11 is 1.38. The van der Waals surface area contributed by atoms with Gasteiger partial charge in [-0.15, -0.1) is 0 Å². The summed E-state index contributed by atoms with van der Waals surface area (Å²) in [5.74, 6) is 0.192. The van der Waals surface area contributed by atoms with E-state index in [0.717, 1.165) is 15.8 Å². The van der Waals surface area contributed by atoms with Gasteiger partial charge in [-0.2, -0.15) is 0 Å². The highest BCUT2D eigenvalue weighted by Gasteiger charge is 2.14. The number of pyridine rings is 1. The second-order valence-electron chi connectivity index (χ2n) is 5.84. The summed E-state index contributed by atoms with van der Waals surface area (Å²) in [6.45, 7) is 0.308. The van der Waals surface area contributed by atoms with E-state index < -0.39 is 0 Å². The van der Waals surface area contributed by atoms with Crippen LogP contribution in [0.15, 0.2) is 87.3 Å². The van der Waals surface area contributed by atoms with E-state index in [1.165, 1.54) is 23.9 Å². The second-order valence-corrected chi connectivity index (χ2v) is 6.94. The van der Waals surface area contributed by atoms with E-state index in [9.17, 15) is 9.18 Å². The molecule has 0 fully saturated rings. The zero-order chi connectivity index (χ0) is 18.6. The third-order valence-corrected chi connectivity index (χ3v) is 4.90. The number of aromatic nitrogens is 1. The topological polar surface area (TPSA) is 55.1 Å². The average molecular weight is 378 g/mol. The van der Waals surface area contributed by atoms with Crippen LogP contribution >= 0.6 is 11.8 Å². The van der Waals surface area contributed by atoms with Gasteiger partial charge in [-0.3, -0.25) is 4.79 Å². The Morgan fingerprint density at radius 1 is 1.07 bits per heavy atom. The van der Waals surface area contributed by atoms with Gasteiger partial charge >= 0.3 is 0 Å². The third kappa shape index (κ3) is 4.01. The van der Waals surface area contributed by atoms with Gasteiger partial charge in [-0.05, 0) is 48.5 Å². The minimum absolute atomic E-state index is 0.203. The van der Waals surface area contributed by atoms with Gasteiger partial charge in [0.15, 0.2) is 0 Å². The molecule has 27 heavy (non-hydrogen) atoms. The maximum Gasteiger partial charge on any atom is 0.252 e. The van der Waals surface area contributed by atoms with E-state index in [1.54, 1.807) is 36.6 Å². The van der Waals surface area contributed by atoms with Crippen LogP contribution in [0, 0.1) is 5.82 Å². The first-order valence-corrected chi connectivity index (χ1v) is 9.14. The van der Waals surface area contributed by atoms with E-state index in [2.05, 4.69) is 10.3 Å². The molecule has 0 saturated heterocycles. The highest BCUT2D eigenvalue weighted by atomic mass is 32.2. The van der Waals surface area contributed by atoms with Gasteiger partial charge in [0.1, 0.15) is 16.6 Å². The van der Waals surface area contributed by atoms with Gasteiger partial charge < -0.3 is 9.73 Å². The summed E-state index contributed by atoms with van der Waals surface area (Å²) in [6.07, 6.45) is 1.57. The molecule has 0 aliphatic heterocycles. The van der Waals surface area contributed by atoms with Gasteiger partial charge in [0, 0.05) is 10.3 Å². The number of amides is 1. The maximum atomic E-state index is 13.1. The van der Waals surface area contributed by atoms with Gasteiger partial charge in [0.2, 0.25) is 0 Å². The molecule has 0 radical (unpaired) electrons. The first-order chi connectivity index (χ1) is 13.2. The van der Waals surface area contributed by atoms with Crippen molar-refractivity contribution in [3.8, 4) is 0 Å². The van der Waals surface area contributed by atoms with E-state index >= 15 is 0 Å². The minimum atomic E-state index is -0.288. The molecule has 0 atom stereocenters. The van der Waals surface area contributed by atoms with Gasteiger partial charge in [-0.25, -0.2) is 9.37 Å². The lowest BCUT2D eigenvalue weighted by Gasteiger charge is -2.10. The molecule has 0 saturated carbocycles. The number of para-hydroxylation sites is 1. The molecule has 4 nitrogen and oxygen atoms in total. The zero-order valence-corrected chi connectivity index (χ0v) is 15.0. The number of carbonyl (C=O) groups excluding carboxylic acids is 1. The van der Waals surface area contributed by atoms with Crippen molar-refractivity contribution in [1.82, 2.24) is 10.3 Å². The lowest BCUT2D eigenvalue weighted by molar-refractivity contribution is 0.0949. The zero-order valence-electron chi connectivity index (χ0n) is 14.2. The van der Waals surface area contributed by atoms with Crippen LogP contribution in [0.1, 0.15) is 16.1 Å². The first-order valence-electron chi connectivity index (χ1n) is 8.33. The summed E-state index contributed by atoms with van der Waals surface area (Å²) < 4.78 is 18.4. The quantitative estimate of drug-likeness (QED) is 0.528. The molecule has 2 heterocycles. The van der Waals surface area contributed by atoms with Crippen LogP contribution in [0.5, 0.6) is 0 Å². The molecule has 0 spiro atoms. The summed E-state index contributed by atoms with van der Waals surface area (Å²) in [5.41, 5.74) is 1.27. The molecule has 2 aromatic carbocycles. The SMILES string of the molecule is O=C(NCc1ccco1)c1cc(Sc2ccc(F)cc2)nc2ccccc12. The number of furan rings is 1. The minimum Gasteiger partial charge on any atom is -0.467 e. The lowest BCUT2D eigenvalue weighted by Crippen LogP contribution is -2.23. The van der Waals surface area contributed by atoms with Crippen LogP contribution in [-0.4, -0.2) is 10.9 Å². The number of nitrogens with zero attached hydrogens (tertiary/aromatic N) is 1. The van der Waals surface area contributed by atoms with Gasteiger partial charge in [-0.1, -0.05) is 30.0 Å². The summed E-state index contributed by atoms with van der Waals surface area (Å²) in [5, 5.41) is 4.32. The van der Waals surface area contributed by atoms with E-state index in [-0.39, 0.29) is 11.7 Å². The fraction of sp³-hybridized carbons (Fsp3) is 0.0476. The van der Waals surface area contributed by atoms with E-state index in [0.29, 0.717) is 22.9 Å². The second kappa shape index (κ2) is 7.63. The summed E-state index contributed by atoms with van der Waals surface area (Å²) in [6, 6.07) is 19.0. The van der Waals surface area contributed by atoms with Crippen molar-refractivity contribution in [2.24, 2.45) is 0 Å².